The van der Waals surface area contributed by atoms with E-state index in [0.29, 0.717) is 17.9 Å². The summed E-state index contributed by atoms with van der Waals surface area (Å²) >= 11 is 0. The maximum atomic E-state index is 9.91. The van der Waals surface area contributed by atoms with Crippen molar-refractivity contribution in [2.75, 3.05) is 13.7 Å². The van der Waals surface area contributed by atoms with Crippen molar-refractivity contribution in [1.82, 2.24) is 0 Å². The summed E-state index contributed by atoms with van der Waals surface area (Å²) < 4.78 is 11.0. The minimum atomic E-state index is -0.947. The quantitative estimate of drug-likeness (QED) is 0.689. The normalized spacial score (nSPS) is 15.7. The van der Waals surface area contributed by atoms with Gasteiger partial charge in [0.25, 0.3) is 0 Å². The van der Waals surface area contributed by atoms with Gasteiger partial charge in [-0.3, -0.25) is 0 Å². The lowest BCUT2D eigenvalue weighted by molar-refractivity contribution is 0.0231. The van der Waals surface area contributed by atoms with Gasteiger partial charge in [-0.05, 0) is 31.5 Å². The Labute approximate surface area is 114 Å². The number of hydrogen-bond acceptors (Lipinski definition) is 5. The van der Waals surface area contributed by atoms with Gasteiger partial charge in [-0.1, -0.05) is 6.07 Å². The molecule has 0 radical (unpaired) electrons. The molecule has 2 unspecified atom stereocenters. The Hall–Kier alpha value is -1.30. The number of aliphatic hydroxyl groups excluding tert-OH is 1. The molecule has 0 heterocycles. The molecule has 0 amide bonds. The maximum absolute atomic E-state index is 9.91. The van der Waals surface area contributed by atoms with Crippen molar-refractivity contribution in [2.24, 2.45) is 5.73 Å². The van der Waals surface area contributed by atoms with E-state index >= 15 is 0 Å². The van der Waals surface area contributed by atoms with Crippen LogP contribution in [-0.4, -0.2) is 35.6 Å². The first-order valence-corrected chi connectivity index (χ1v) is 6.28. The lowest BCUT2D eigenvalue weighted by Crippen LogP contribution is -2.38. The second kappa shape index (κ2) is 6.75. The highest BCUT2D eigenvalue weighted by Gasteiger charge is 2.23. The zero-order valence-electron chi connectivity index (χ0n) is 11.7. The average Bonchev–Trinajstić information content (AvgIpc) is 2.38. The van der Waals surface area contributed by atoms with Crippen LogP contribution in [0.4, 0.5) is 0 Å². The molecule has 0 saturated carbocycles. The van der Waals surface area contributed by atoms with Crippen molar-refractivity contribution >= 4 is 0 Å². The van der Waals surface area contributed by atoms with Crippen molar-refractivity contribution in [3.8, 4) is 11.5 Å². The van der Waals surface area contributed by atoms with E-state index in [-0.39, 0.29) is 19.3 Å². The first-order valence-electron chi connectivity index (χ1n) is 6.28. The van der Waals surface area contributed by atoms with E-state index in [1.807, 2.05) is 6.92 Å². The third-order valence-corrected chi connectivity index (χ3v) is 2.91. The van der Waals surface area contributed by atoms with Crippen LogP contribution in [0.5, 0.6) is 11.5 Å². The molecule has 0 aliphatic carbocycles. The second-order valence-corrected chi connectivity index (χ2v) is 4.98. The molecular weight excluding hydrogens is 246 g/mol. The maximum Gasteiger partial charge on any atom is 0.161 e. The molecule has 0 aliphatic heterocycles. The highest BCUT2D eigenvalue weighted by atomic mass is 16.5. The zero-order chi connectivity index (χ0) is 14.5. The lowest BCUT2D eigenvalue weighted by Gasteiger charge is -2.26. The van der Waals surface area contributed by atoms with Gasteiger partial charge in [-0.25, -0.2) is 0 Å². The molecule has 2 atom stereocenters. The summed E-state index contributed by atoms with van der Waals surface area (Å²) in [5, 5.41) is 19.0. The number of ether oxygens (including phenoxy) is 2. The third kappa shape index (κ3) is 4.70. The number of hydrogen-bond donors (Lipinski definition) is 3. The first-order chi connectivity index (χ1) is 8.91. The Bertz CT molecular complexity index is 406. The highest BCUT2D eigenvalue weighted by Crippen LogP contribution is 2.30. The molecule has 19 heavy (non-hydrogen) atoms. The summed E-state index contributed by atoms with van der Waals surface area (Å²) in [5.74, 6) is 1.14. The van der Waals surface area contributed by atoms with Gasteiger partial charge in [-0.15, -0.1) is 0 Å². The zero-order valence-corrected chi connectivity index (χ0v) is 11.7. The van der Waals surface area contributed by atoms with Crippen LogP contribution in [0, 0.1) is 0 Å². The number of rotatable bonds is 7. The summed E-state index contributed by atoms with van der Waals surface area (Å²) in [6, 6.07) is 5.24. The lowest BCUT2D eigenvalue weighted by atomic mass is 9.99. The molecule has 0 fully saturated rings. The molecular formula is C14H23NO4. The summed E-state index contributed by atoms with van der Waals surface area (Å²) in [6.45, 7) is 3.68. The first kappa shape index (κ1) is 15.8. The van der Waals surface area contributed by atoms with Crippen LogP contribution in [0.3, 0.4) is 0 Å². The Morgan fingerprint density at radius 1 is 1.37 bits per heavy atom. The van der Waals surface area contributed by atoms with E-state index < -0.39 is 5.60 Å². The monoisotopic (exact) mass is 269 g/mol. The molecule has 0 aliphatic rings. The van der Waals surface area contributed by atoms with Gasteiger partial charge in [-0.2, -0.15) is 0 Å². The third-order valence-electron chi connectivity index (χ3n) is 2.91. The van der Waals surface area contributed by atoms with Crippen molar-refractivity contribution < 1.29 is 19.7 Å². The van der Waals surface area contributed by atoms with Gasteiger partial charge >= 0.3 is 0 Å². The van der Waals surface area contributed by atoms with E-state index in [0.717, 1.165) is 5.56 Å². The van der Waals surface area contributed by atoms with Crippen molar-refractivity contribution in [2.45, 2.75) is 38.6 Å². The number of nitrogens with two attached hydrogens (primary N) is 1. The van der Waals surface area contributed by atoms with Crippen LogP contribution in [0.2, 0.25) is 0 Å². The van der Waals surface area contributed by atoms with Crippen molar-refractivity contribution in [1.29, 1.82) is 0 Å². The van der Waals surface area contributed by atoms with Gasteiger partial charge in [0.15, 0.2) is 11.5 Å². The average molecular weight is 269 g/mol. The molecule has 0 saturated heterocycles. The summed E-state index contributed by atoms with van der Waals surface area (Å²) in [7, 11) is 1.55. The van der Waals surface area contributed by atoms with E-state index in [9.17, 15) is 5.11 Å². The van der Waals surface area contributed by atoms with E-state index in [2.05, 4.69) is 0 Å². The molecule has 108 valence electrons. The second-order valence-electron chi connectivity index (χ2n) is 4.98. The van der Waals surface area contributed by atoms with Gasteiger partial charge < -0.3 is 25.4 Å². The Kier molecular flexibility index (Phi) is 5.60. The molecule has 0 aromatic heterocycles. The molecule has 1 rings (SSSR count). The molecule has 1 aromatic carbocycles. The fourth-order valence-electron chi connectivity index (χ4n) is 1.87. The van der Waals surface area contributed by atoms with Crippen LogP contribution in [-0.2, 0) is 6.61 Å². The Morgan fingerprint density at radius 3 is 2.58 bits per heavy atom. The van der Waals surface area contributed by atoms with Crippen molar-refractivity contribution in [3.05, 3.63) is 23.8 Å². The fraction of sp³-hybridized carbons (Fsp3) is 0.571. The Balaban J connectivity index is 2.76. The standard InChI is InChI=1S/C14H23NO4/c1-10(7-14(2,17)9-15)19-12-5-4-11(8-16)6-13(12)18-3/h4-6,10,16-17H,7-9,15H2,1-3H3. The number of benzene rings is 1. The number of aliphatic hydroxyl groups is 2. The van der Waals surface area contributed by atoms with Gasteiger partial charge in [0.05, 0.1) is 25.4 Å². The van der Waals surface area contributed by atoms with Crippen LogP contribution in [0.25, 0.3) is 0 Å². The van der Waals surface area contributed by atoms with E-state index in [4.69, 9.17) is 20.3 Å². The largest absolute Gasteiger partial charge is 0.493 e. The minimum absolute atomic E-state index is 0.0475. The minimum Gasteiger partial charge on any atom is -0.493 e. The predicted octanol–water partition coefficient (Wildman–Crippen LogP) is 1.05. The summed E-state index contributed by atoms with van der Waals surface area (Å²) in [6.07, 6.45) is 0.224. The van der Waals surface area contributed by atoms with Gasteiger partial charge in [0.2, 0.25) is 0 Å². The molecule has 0 spiro atoms. The molecule has 4 N–H and O–H groups in total. The molecule has 1 aromatic rings. The van der Waals surface area contributed by atoms with Crippen LogP contribution in [0.1, 0.15) is 25.8 Å². The molecule has 0 bridgehead atoms. The topological polar surface area (TPSA) is 84.9 Å². The predicted molar refractivity (Wildman–Crippen MR) is 73.3 cm³/mol. The van der Waals surface area contributed by atoms with E-state index in [1.54, 1.807) is 32.2 Å². The SMILES string of the molecule is COc1cc(CO)ccc1OC(C)CC(C)(O)CN. The van der Waals surface area contributed by atoms with Crippen LogP contribution >= 0.6 is 0 Å². The fourth-order valence-corrected chi connectivity index (χ4v) is 1.87. The highest BCUT2D eigenvalue weighted by molar-refractivity contribution is 5.42. The Morgan fingerprint density at radius 2 is 2.05 bits per heavy atom. The van der Waals surface area contributed by atoms with Gasteiger partial charge in [0.1, 0.15) is 0 Å². The summed E-state index contributed by atoms with van der Waals surface area (Å²) in [4.78, 5) is 0. The van der Waals surface area contributed by atoms with Crippen molar-refractivity contribution in [3.63, 3.8) is 0 Å². The molecule has 5 heteroatoms. The van der Waals surface area contributed by atoms with Crippen LogP contribution < -0.4 is 15.2 Å². The number of methoxy groups -OCH3 is 1. The van der Waals surface area contributed by atoms with Crippen LogP contribution in [0.15, 0.2) is 18.2 Å². The van der Waals surface area contributed by atoms with E-state index in [1.165, 1.54) is 0 Å². The van der Waals surface area contributed by atoms with Gasteiger partial charge in [0, 0.05) is 13.0 Å². The smallest absolute Gasteiger partial charge is 0.161 e. The molecule has 5 nitrogen and oxygen atoms in total. The summed E-state index contributed by atoms with van der Waals surface area (Å²) in [5.41, 5.74) is 5.29.